The number of nitrogens with one attached hydrogen (secondary N) is 2. The molecule has 0 saturated carbocycles. The number of carbonyl (C=O) groups is 2. The van der Waals surface area contributed by atoms with E-state index in [4.69, 9.17) is 27.9 Å². The molecule has 5 atom stereocenters. The van der Waals surface area contributed by atoms with Gasteiger partial charge in [0.2, 0.25) is 0 Å². The average molecular weight is 620 g/mol. The Balaban J connectivity index is 1.96. The third-order valence-corrected chi connectivity index (χ3v) is 8.38. The topological polar surface area (TPSA) is 87.7 Å². The summed E-state index contributed by atoms with van der Waals surface area (Å²) < 4.78 is 37.4. The van der Waals surface area contributed by atoms with Crippen molar-refractivity contribution in [3.8, 4) is 0 Å². The van der Waals surface area contributed by atoms with Gasteiger partial charge in [-0.05, 0) is 46.7 Å². The molecule has 1 aliphatic heterocycles. The minimum atomic E-state index is -1.50. The molecule has 1 aliphatic rings. The van der Waals surface area contributed by atoms with E-state index >= 15 is 8.78 Å². The van der Waals surface area contributed by atoms with Crippen LogP contribution < -0.4 is 10.6 Å². The molecule has 3 aromatic rings. The van der Waals surface area contributed by atoms with Crippen molar-refractivity contribution in [2.45, 2.75) is 56.7 Å². The molecule has 0 spiro atoms. The minimum Gasteiger partial charge on any atom is -0.480 e. The number of carboxylic acids is 1. The maximum Gasteiger partial charge on any atom is 0.321 e. The summed E-state index contributed by atoms with van der Waals surface area (Å²) in [5.74, 6) is -4.47. The summed E-state index contributed by atoms with van der Waals surface area (Å²) in [6.07, 6.45) is -0.634. The number of ether oxygens (including phenoxy) is 1. The average Bonchev–Trinajstić information content (AvgIpc) is 3.23. The first-order chi connectivity index (χ1) is 19.8. The van der Waals surface area contributed by atoms with Crippen LogP contribution in [0.25, 0.3) is 0 Å². The standard InChI is InChI=1S/C32H34Cl2F2N2O4/c1-31(2,3)16-24-32(21-14-13-19(33)15-23(21)35,17-37-29(39)28(42-4)18-9-6-5-7-10-18)25(27(38-24)30(40)41)20-11-8-12-22(34)26(20)36/h5-15,24-25,27-28,38H,16-17H2,1-4H3,(H,37,39)(H,40,41)/t24?,25?,27?,28-,32?/m1/s1. The Kier molecular flexibility index (Phi) is 9.62. The molecule has 6 nitrogen and oxygen atoms in total. The van der Waals surface area contributed by atoms with Crippen molar-refractivity contribution in [1.29, 1.82) is 0 Å². The molecule has 0 aromatic heterocycles. The molecule has 42 heavy (non-hydrogen) atoms. The van der Waals surface area contributed by atoms with Crippen molar-refractivity contribution >= 4 is 35.1 Å². The molecule has 4 rings (SSSR count). The summed E-state index contributed by atoms with van der Waals surface area (Å²) in [5.41, 5.74) is -1.19. The zero-order valence-corrected chi connectivity index (χ0v) is 25.3. The Morgan fingerprint density at radius 3 is 2.36 bits per heavy atom. The predicted octanol–water partition coefficient (Wildman–Crippen LogP) is 6.66. The summed E-state index contributed by atoms with van der Waals surface area (Å²) in [4.78, 5) is 26.4. The van der Waals surface area contributed by atoms with Crippen LogP contribution in [-0.4, -0.2) is 42.7 Å². The summed E-state index contributed by atoms with van der Waals surface area (Å²) in [6.45, 7) is 5.66. The molecule has 3 aromatic carbocycles. The monoisotopic (exact) mass is 618 g/mol. The van der Waals surface area contributed by atoms with E-state index in [1.54, 1.807) is 24.3 Å². The summed E-state index contributed by atoms with van der Waals surface area (Å²) in [6, 6.07) is 15.2. The molecule has 10 heteroatoms. The van der Waals surface area contributed by atoms with Crippen molar-refractivity contribution in [2.24, 2.45) is 5.41 Å². The lowest BCUT2D eigenvalue weighted by Crippen LogP contribution is -2.53. The molecule has 0 bridgehead atoms. The van der Waals surface area contributed by atoms with E-state index in [1.165, 1.54) is 37.4 Å². The van der Waals surface area contributed by atoms with Gasteiger partial charge in [0.15, 0.2) is 6.10 Å². The van der Waals surface area contributed by atoms with E-state index < -0.39 is 53.0 Å². The highest BCUT2D eigenvalue weighted by Crippen LogP contribution is 2.53. The molecule has 0 aliphatic carbocycles. The van der Waals surface area contributed by atoms with Gasteiger partial charge in [0.25, 0.3) is 5.91 Å². The highest BCUT2D eigenvalue weighted by molar-refractivity contribution is 6.31. The lowest BCUT2D eigenvalue weighted by atomic mass is 9.61. The lowest BCUT2D eigenvalue weighted by Gasteiger charge is -2.43. The van der Waals surface area contributed by atoms with Crippen molar-refractivity contribution in [1.82, 2.24) is 10.6 Å². The van der Waals surface area contributed by atoms with Gasteiger partial charge >= 0.3 is 5.97 Å². The number of methoxy groups -OCH3 is 1. The first-order valence-electron chi connectivity index (χ1n) is 13.5. The van der Waals surface area contributed by atoms with Gasteiger partial charge in [0.05, 0.1) is 5.02 Å². The summed E-state index contributed by atoms with van der Waals surface area (Å²) >= 11 is 12.3. The molecule has 3 N–H and O–H groups in total. The number of rotatable bonds is 9. The van der Waals surface area contributed by atoms with Crippen LogP contribution in [0, 0.1) is 17.0 Å². The second kappa shape index (κ2) is 12.7. The zero-order valence-electron chi connectivity index (χ0n) is 23.8. The van der Waals surface area contributed by atoms with Crippen LogP contribution in [0.4, 0.5) is 8.78 Å². The molecule has 4 unspecified atom stereocenters. The molecule has 224 valence electrons. The SMILES string of the molecule is CO[C@@H](C(=O)NCC1(c2ccc(Cl)cc2F)C(CC(C)(C)C)NC(C(=O)O)C1c1cccc(Cl)c1F)c1ccccc1. The molecule has 1 amide bonds. The fraction of sp³-hybridized carbons (Fsp3) is 0.375. The van der Waals surface area contributed by atoms with E-state index in [1.807, 2.05) is 26.8 Å². The van der Waals surface area contributed by atoms with E-state index in [9.17, 15) is 14.7 Å². The van der Waals surface area contributed by atoms with Crippen LogP contribution >= 0.6 is 23.2 Å². The van der Waals surface area contributed by atoms with Gasteiger partial charge in [-0.15, -0.1) is 0 Å². The van der Waals surface area contributed by atoms with Crippen molar-refractivity contribution in [3.05, 3.63) is 105 Å². The van der Waals surface area contributed by atoms with Gasteiger partial charge in [-0.25, -0.2) is 8.78 Å². The molecule has 1 fully saturated rings. The third kappa shape index (κ3) is 6.32. The Morgan fingerprint density at radius 2 is 1.76 bits per heavy atom. The fourth-order valence-corrected chi connectivity index (χ4v) is 6.50. The Bertz CT molecular complexity index is 1450. The van der Waals surface area contributed by atoms with Gasteiger partial charge in [-0.1, -0.05) is 92.5 Å². The molecular formula is C32H34Cl2F2N2O4. The van der Waals surface area contributed by atoms with Crippen molar-refractivity contribution in [3.63, 3.8) is 0 Å². The van der Waals surface area contributed by atoms with E-state index in [-0.39, 0.29) is 33.1 Å². The van der Waals surface area contributed by atoms with Crippen molar-refractivity contribution in [2.75, 3.05) is 13.7 Å². The van der Waals surface area contributed by atoms with Crippen LogP contribution in [-0.2, 0) is 19.7 Å². The number of amides is 1. The van der Waals surface area contributed by atoms with E-state index in [2.05, 4.69) is 10.6 Å². The molecule has 1 saturated heterocycles. The van der Waals surface area contributed by atoms with Gasteiger partial charge in [-0.2, -0.15) is 0 Å². The van der Waals surface area contributed by atoms with Gasteiger partial charge < -0.3 is 20.5 Å². The number of aliphatic carboxylic acids is 1. The van der Waals surface area contributed by atoms with Crippen molar-refractivity contribution < 1.29 is 28.2 Å². The van der Waals surface area contributed by atoms with Crippen LogP contribution in [0.5, 0.6) is 0 Å². The maximum atomic E-state index is 16.0. The van der Waals surface area contributed by atoms with Crippen LogP contribution in [0.3, 0.4) is 0 Å². The van der Waals surface area contributed by atoms with Gasteiger partial charge in [0, 0.05) is 36.1 Å². The minimum absolute atomic E-state index is 0.00578. The highest BCUT2D eigenvalue weighted by Gasteiger charge is 2.60. The van der Waals surface area contributed by atoms with Gasteiger partial charge in [0.1, 0.15) is 17.7 Å². The number of hydrogen-bond acceptors (Lipinski definition) is 4. The first-order valence-corrected chi connectivity index (χ1v) is 14.3. The van der Waals surface area contributed by atoms with Crippen LogP contribution in [0.15, 0.2) is 66.7 Å². The normalized spacial score (nSPS) is 23.0. The smallest absolute Gasteiger partial charge is 0.321 e. The van der Waals surface area contributed by atoms with E-state index in [0.29, 0.717) is 12.0 Å². The number of carboxylic acid groups (broad SMARTS) is 1. The molecule has 0 radical (unpaired) electrons. The summed E-state index contributed by atoms with van der Waals surface area (Å²) in [5, 5.41) is 16.5. The van der Waals surface area contributed by atoms with E-state index in [0.717, 1.165) is 6.07 Å². The largest absolute Gasteiger partial charge is 0.480 e. The maximum absolute atomic E-state index is 16.0. The third-order valence-electron chi connectivity index (χ3n) is 7.85. The quantitative estimate of drug-likeness (QED) is 0.250. The Morgan fingerprint density at radius 1 is 1.07 bits per heavy atom. The molecule has 1 heterocycles. The number of hydrogen-bond donors (Lipinski definition) is 3. The fourth-order valence-electron chi connectivity index (χ4n) is 6.16. The molecular weight excluding hydrogens is 585 g/mol. The Labute approximate surface area is 254 Å². The van der Waals surface area contributed by atoms with Gasteiger partial charge in [-0.3, -0.25) is 9.59 Å². The van der Waals surface area contributed by atoms with Crippen LogP contribution in [0.1, 0.15) is 55.9 Å². The lowest BCUT2D eigenvalue weighted by molar-refractivity contribution is -0.139. The zero-order chi connectivity index (χ0) is 30.8. The Hall–Kier alpha value is -3.04. The highest BCUT2D eigenvalue weighted by atomic mass is 35.5. The second-order valence-corrected chi connectivity index (χ2v) is 12.7. The predicted molar refractivity (Wildman–Crippen MR) is 159 cm³/mol. The number of benzene rings is 3. The summed E-state index contributed by atoms with van der Waals surface area (Å²) in [7, 11) is 1.40. The number of carbonyl (C=O) groups excluding carboxylic acids is 1. The van der Waals surface area contributed by atoms with Crippen LogP contribution in [0.2, 0.25) is 10.0 Å². The number of halogens is 4. The second-order valence-electron chi connectivity index (χ2n) is 11.8. The first kappa shape index (κ1) is 31.9.